The van der Waals surface area contributed by atoms with Crippen LogP contribution in [-0.2, 0) is 5.41 Å². The smallest absolute Gasteiger partial charge is 0.271 e. The quantitative estimate of drug-likeness (QED) is 0.193. The van der Waals surface area contributed by atoms with Gasteiger partial charge in [0.05, 0.1) is 23.9 Å². The first-order valence-corrected chi connectivity index (χ1v) is 13.7. The van der Waals surface area contributed by atoms with Crippen molar-refractivity contribution < 1.29 is 24.5 Å². The number of aromatic nitrogens is 2. The third-order valence-electron chi connectivity index (χ3n) is 8.57. The Kier molecular flexibility index (Phi) is 6.27. The summed E-state index contributed by atoms with van der Waals surface area (Å²) in [5, 5.41) is 39.6. The third-order valence-corrected chi connectivity index (χ3v) is 8.57. The maximum atomic E-state index is 13.6. The molecule has 3 unspecified atom stereocenters. The van der Waals surface area contributed by atoms with E-state index in [1.807, 2.05) is 6.07 Å². The number of nitrogens with one attached hydrogen (secondary N) is 3. The van der Waals surface area contributed by atoms with Crippen LogP contribution in [-0.4, -0.2) is 98.3 Å². The average Bonchev–Trinajstić information content (AvgIpc) is 3.41. The SMILES string of the molecule is Cc1ccc(C(=O)NC[C@@H]2N=C(N)N3CC(NC(=O)c4cccc5c4OCCC5(C)C)C(O)(O)C34NC(N)=NC24)nn1. The first kappa shape index (κ1) is 27.7. The molecule has 5 heterocycles. The molecule has 15 nitrogen and oxygen atoms in total. The molecule has 1 aromatic carbocycles. The molecule has 222 valence electrons. The summed E-state index contributed by atoms with van der Waals surface area (Å²) in [5.41, 5.74) is 12.4. The van der Waals surface area contributed by atoms with Gasteiger partial charge < -0.3 is 47.3 Å². The van der Waals surface area contributed by atoms with E-state index < -0.39 is 41.4 Å². The number of ether oxygens (including phenoxy) is 1. The van der Waals surface area contributed by atoms with Crippen molar-refractivity contribution in [2.45, 2.75) is 62.2 Å². The first-order valence-electron chi connectivity index (χ1n) is 13.7. The molecular formula is C27H34N10O5. The molecule has 1 saturated heterocycles. The van der Waals surface area contributed by atoms with E-state index in [1.54, 1.807) is 31.2 Å². The number of para-hydroxylation sites is 1. The van der Waals surface area contributed by atoms with E-state index >= 15 is 0 Å². The Morgan fingerprint density at radius 1 is 1.14 bits per heavy atom. The van der Waals surface area contributed by atoms with Crippen LogP contribution in [0.15, 0.2) is 40.3 Å². The van der Waals surface area contributed by atoms with Gasteiger partial charge in [0.25, 0.3) is 11.8 Å². The summed E-state index contributed by atoms with van der Waals surface area (Å²) >= 11 is 0. The molecule has 0 radical (unpaired) electrons. The minimum Gasteiger partial charge on any atom is -0.492 e. The number of guanidine groups is 2. The van der Waals surface area contributed by atoms with Crippen molar-refractivity contribution in [3.63, 3.8) is 0 Å². The molecule has 1 spiro atoms. The molecule has 4 atom stereocenters. The summed E-state index contributed by atoms with van der Waals surface area (Å²) in [7, 11) is 0. The van der Waals surface area contributed by atoms with Crippen LogP contribution in [0.25, 0.3) is 0 Å². The van der Waals surface area contributed by atoms with Crippen molar-refractivity contribution >= 4 is 23.7 Å². The molecule has 42 heavy (non-hydrogen) atoms. The van der Waals surface area contributed by atoms with E-state index in [0.29, 0.717) is 18.1 Å². The van der Waals surface area contributed by atoms with E-state index in [-0.39, 0.29) is 41.7 Å². The fraction of sp³-hybridized carbons (Fsp3) is 0.481. The number of amides is 2. The Morgan fingerprint density at radius 2 is 1.93 bits per heavy atom. The fourth-order valence-electron chi connectivity index (χ4n) is 6.24. The van der Waals surface area contributed by atoms with Crippen LogP contribution in [0.1, 0.15) is 52.4 Å². The molecule has 4 aliphatic heterocycles. The van der Waals surface area contributed by atoms with Crippen molar-refractivity contribution in [1.82, 2.24) is 31.0 Å². The second-order valence-corrected chi connectivity index (χ2v) is 11.7. The van der Waals surface area contributed by atoms with Crippen LogP contribution in [0.2, 0.25) is 0 Å². The molecule has 0 aliphatic carbocycles. The van der Waals surface area contributed by atoms with Gasteiger partial charge in [0, 0.05) is 18.7 Å². The van der Waals surface area contributed by atoms with Gasteiger partial charge in [0.15, 0.2) is 23.3 Å². The molecule has 1 aromatic heterocycles. The monoisotopic (exact) mass is 578 g/mol. The number of nitrogens with zero attached hydrogens (tertiary/aromatic N) is 5. The number of hydrogen-bond donors (Lipinski definition) is 7. The Hall–Kier alpha value is -4.50. The summed E-state index contributed by atoms with van der Waals surface area (Å²) in [6, 6.07) is 5.49. The molecule has 2 amide bonds. The number of aliphatic imine (C=N–C) groups is 2. The minimum atomic E-state index is -2.63. The highest BCUT2D eigenvalue weighted by Crippen LogP contribution is 2.45. The standard InChI is InChI=1S/C27H34N10O5/c1-13-7-8-16(36-35-13)22(39)30-11-17-20-26(34-23(28)33-20)27(40,41)18(12-37(26)24(29)31-17)32-21(38)14-5-4-6-15-19(14)42-10-9-25(15,2)3/h4-8,17-18,20,40-41H,9-12H2,1-3H3,(H2,29,31)(H,30,39)(H,32,38)(H3,28,33,34)/t17-,18?,20?,26?/m0/s1. The number of rotatable bonds is 5. The van der Waals surface area contributed by atoms with E-state index in [2.05, 4.69) is 50.0 Å². The van der Waals surface area contributed by atoms with Gasteiger partial charge in [0.2, 0.25) is 5.79 Å². The molecule has 2 aromatic rings. The highest BCUT2D eigenvalue weighted by molar-refractivity contribution is 5.98. The molecular weight excluding hydrogens is 544 g/mol. The lowest BCUT2D eigenvalue weighted by Gasteiger charge is -2.49. The topological polar surface area (TPSA) is 226 Å². The summed E-state index contributed by atoms with van der Waals surface area (Å²) < 4.78 is 5.89. The highest BCUT2D eigenvalue weighted by atomic mass is 16.5. The summed E-state index contributed by atoms with van der Waals surface area (Å²) in [4.78, 5) is 36.6. The number of carbonyl (C=O) groups is 2. The van der Waals surface area contributed by atoms with Gasteiger partial charge in [-0.15, -0.1) is 5.10 Å². The van der Waals surface area contributed by atoms with Crippen LogP contribution in [0.3, 0.4) is 0 Å². The summed E-state index contributed by atoms with van der Waals surface area (Å²) in [6.45, 7) is 6.20. The lowest BCUT2D eigenvalue weighted by molar-refractivity contribution is -0.230. The predicted octanol–water partition coefficient (Wildman–Crippen LogP) is -1.95. The van der Waals surface area contributed by atoms with Gasteiger partial charge in [-0.25, -0.2) is 9.98 Å². The van der Waals surface area contributed by atoms with Crippen molar-refractivity contribution in [2.75, 3.05) is 19.7 Å². The molecule has 6 rings (SSSR count). The van der Waals surface area contributed by atoms with Crippen LogP contribution >= 0.6 is 0 Å². The molecule has 1 fully saturated rings. The van der Waals surface area contributed by atoms with Crippen LogP contribution in [0.5, 0.6) is 5.75 Å². The van der Waals surface area contributed by atoms with Gasteiger partial charge in [-0.3, -0.25) is 9.59 Å². The maximum Gasteiger partial charge on any atom is 0.271 e. The molecule has 0 bridgehead atoms. The van der Waals surface area contributed by atoms with E-state index in [4.69, 9.17) is 16.2 Å². The van der Waals surface area contributed by atoms with E-state index in [1.165, 1.54) is 4.90 Å². The van der Waals surface area contributed by atoms with Gasteiger partial charge in [-0.05, 0) is 37.0 Å². The number of carbonyl (C=O) groups excluding carboxylic acids is 2. The Morgan fingerprint density at radius 3 is 2.67 bits per heavy atom. The second kappa shape index (κ2) is 9.52. The van der Waals surface area contributed by atoms with Gasteiger partial charge >= 0.3 is 0 Å². The lowest BCUT2D eigenvalue weighted by atomic mass is 9.79. The van der Waals surface area contributed by atoms with Crippen molar-refractivity contribution in [2.24, 2.45) is 21.5 Å². The normalized spacial score (nSPS) is 28.2. The molecule has 9 N–H and O–H groups in total. The average molecular weight is 579 g/mol. The number of aryl methyl sites for hydroxylation is 1. The van der Waals surface area contributed by atoms with Gasteiger partial charge in [0.1, 0.15) is 17.8 Å². The summed E-state index contributed by atoms with van der Waals surface area (Å²) in [5.74, 6) is -3.30. The number of fused-ring (bicyclic) bond motifs is 1. The number of hydrogen-bond acceptors (Lipinski definition) is 13. The fourth-order valence-corrected chi connectivity index (χ4v) is 6.24. The minimum absolute atomic E-state index is 0.0376. The van der Waals surface area contributed by atoms with E-state index in [0.717, 1.165) is 12.0 Å². The molecule has 4 aliphatic rings. The summed E-state index contributed by atoms with van der Waals surface area (Å²) in [6.07, 6.45) is 0.800. The second-order valence-electron chi connectivity index (χ2n) is 11.7. The first-order chi connectivity index (χ1) is 19.8. The van der Waals surface area contributed by atoms with Crippen LogP contribution in [0, 0.1) is 6.92 Å². The third kappa shape index (κ3) is 4.10. The Balaban J connectivity index is 1.26. The highest BCUT2D eigenvalue weighted by Gasteiger charge is 2.73. The van der Waals surface area contributed by atoms with Gasteiger partial charge in [-0.1, -0.05) is 26.0 Å². The number of benzene rings is 1. The Bertz CT molecular complexity index is 1510. The largest absolute Gasteiger partial charge is 0.492 e. The molecule has 0 saturated carbocycles. The van der Waals surface area contributed by atoms with Crippen LogP contribution < -0.4 is 32.2 Å². The number of nitrogens with two attached hydrogens (primary N) is 2. The molecule has 15 heteroatoms. The van der Waals surface area contributed by atoms with Crippen molar-refractivity contribution in [1.29, 1.82) is 0 Å². The predicted molar refractivity (Wildman–Crippen MR) is 150 cm³/mol. The maximum absolute atomic E-state index is 13.6. The zero-order valence-electron chi connectivity index (χ0n) is 23.5. The van der Waals surface area contributed by atoms with Crippen molar-refractivity contribution in [3.8, 4) is 5.75 Å². The zero-order valence-corrected chi connectivity index (χ0v) is 23.5. The van der Waals surface area contributed by atoms with Gasteiger partial charge in [-0.2, -0.15) is 5.10 Å². The van der Waals surface area contributed by atoms with Crippen LogP contribution in [0.4, 0.5) is 0 Å². The Labute approximate surface area is 241 Å². The zero-order chi connectivity index (χ0) is 30.0. The lowest BCUT2D eigenvalue weighted by Crippen LogP contribution is -2.78. The van der Waals surface area contributed by atoms with Crippen molar-refractivity contribution in [3.05, 3.63) is 52.8 Å². The van der Waals surface area contributed by atoms with E-state index in [9.17, 15) is 19.8 Å². The number of aliphatic hydroxyl groups is 2.